The minimum absolute atomic E-state index is 0.381. The predicted molar refractivity (Wildman–Crippen MR) is 126 cm³/mol. The standard InChI is InChI=1S/C27H29NO4/c1-19(24-9-5-7-21-6-3-4-8-25(21)24)20-14-16-27(17-15-20)18-30-26(31-32-27)28-22-10-12-23(29-2)13-11-22/h3-13,20,26,28H,1,14-18H2,2H3. The van der Waals surface area contributed by atoms with Crippen molar-refractivity contribution >= 4 is 22.0 Å². The monoisotopic (exact) mass is 431 g/mol. The summed E-state index contributed by atoms with van der Waals surface area (Å²) in [5.74, 6) is 1.24. The normalized spacial score (nSPS) is 25.5. The first-order valence-electron chi connectivity index (χ1n) is 11.2. The summed E-state index contributed by atoms with van der Waals surface area (Å²) in [6.07, 6.45) is 3.15. The van der Waals surface area contributed by atoms with Crippen LogP contribution in [0.1, 0.15) is 31.2 Å². The Balaban J connectivity index is 1.17. The van der Waals surface area contributed by atoms with Gasteiger partial charge in [-0.1, -0.05) is 49.0 Å². The molecule has 0 radical (unpaired) electrons. The Labute approximate surface area is 188 Å². The highest BCUT2D eigenvalue weighted by Gasteiger charge is 2.43. The Morgan fingerprint density at radius 2 is 1.75 bits per heavy atom. The van der Waals surface area contributed by atoms with Crippen LogP contribution in [0.15, 0.2) is 73.3 Å². The van der Waals surface area contributed by atoms with Crippen molar-refractivity contribution in [1.29, 1.82) is 0 Å². The largest absolute Gasteiger partial charge is 0.497 e. The maximum atomic E-state index is 5.96. The average molecular weight is 432 g/mol. The number of ether oxygens (including phenoxy) is 2. The van der Waals surface area contributed by atoms with E-state index in [1.54, 1.807) is 7.11 Å². The highest BCUT2D eigenvalue weighted by atomic mass is 17.2. The fraction of sp³-hybridized carbons (Fsp3) is 0.333. The predicted octanol–water partition coefficient (Wildman–Crippen LogP) is 6.16. The van der Waals surface area contributed by atoms with E-state index in [1.807, 2.05) is 24.3 Å². The van der Waals surface area contributed by atoms with Gasteiger partial charge >= 0.3 is 0 Å². The molecular formula is C27H29NO4. The summed E-state index contributed by atoms with van der Waals surface area (Å²) in [5, 5.41) is 5.71. The molecule has 5 rings (SSSR count). The van der Waals surface area contributed by atoms with Gasteiger partial charge in [-0.05, 0) is 77.8 Å². The topological polar surface area (TPSA) is 49.0 Å². The zero-order valence-corrected chi connectivity index (χ0v) is 18.4. The molecule has 2 aliphatic rings. The van der Waals surface area contributed by atoms with Gasteiger partial charge in [0.1, 0.15) is 11.4 Å². The number of hydrogen-bond acceptors (Lipinski definition) is 5. The van der Waals surface area contributed by atoms with Crippen molar-refractivity contribution in [2.24, 2.45) is 5.92 Å². The third-order valence-corrected chi connectivity index (χ3v) is 6.71. The molecule has 1 aliphatic heterocycles. The van der Waals surface area contributed by atoms with E-state index in [9.17, 15) is 0 Å². The number of anilines is 1. The van der Waals surface area contributed by atoms with Gasteiger partial charge < -0.3 is 14.8 Å². The number of rotatable bonds is 5. The summed E-state index contributed by atoms with van der Waals surface area (Å²) in [6, 6.07) is 22.6. The summed E-state index contributed by atoms with van der Waals surface area (Å²) in [7, 11) is 1.65. The molecule has 1 N–H and O–H groups in total. The number of allylic oxidation sites excluding steroid dienone is 1. The van der Waals surface area contributed by atoms with Gasteiger partial charge in [-0.2, -0.15) is 4.89 Å². The van der Waals surface area contributed by atoms with E-state index in [4.69, 9.17) is 19.2 Å². The maximum Gasteiger partial charge on any atom is 0.268 e. The van der Waals surface area contributed by atoms with E-state index in [0.717, 1.165) is 37.1 Å². The van der Waals surface area contributed by atoms with E-state index in [2.05, 4.69) is 54.4 Å². The molecule has 0 bridgehead atoms. The Morgan fingerprint density at radius 3 is 2.47 bits per heavy atom. The highest BCUT2D eigenvalue weighted by molar-refractivity contribution is 5.93. The molecule has 3 aromatic carbocycles. The van der Waals surface area contributed by atoms with Crippen molar-refractivity contribution in [3.8, 4) is 5.75 Å². The molecular weight excluding hydrogens is 402 g/mol. The van der Waals surface area contributed by atoms with Crippen molar-refractivity contribution in [1.82, 2.24) is 0 Å². The van der Waals surface area contributed by atoms with Crippen LogP contribution in [0.3, 0.4) is 0 Å². The molecule has 32 heavy (non-hydrogen) atoms. The van der Waals surface area contributed by atoms with Gasteiger partial charge in [-0.25, -0.2) is 4.89 Å². The fourth-order valence-electron chi connectivity index (χ4n) is 4.76. The first-order chi connectivity index (χ1) is 15.7. The molecule has 3 aromatic rings. The van der Waals surface area contributed by atoms with Crippen LogP contribution in [0, 0.1) is 5.92 Å². The Kier molecular flexibility index (Phi) is 5.87. The lowest BCUT2D eigenvalue weighted by atomic mass is 9.74. The van der Waals surface area contributed by atoms with Crippen LogP contribution in [0.5, 0.6) is 5.75 Å². The second-order valence-electron chi connectivity index (χ2n) is 8.70. The summed E-state index contributed by atoms with van der Waals surface area (Å²) in [5.41, 5.74) is 2.97. The zero-order chi connectivity index (χ0) is 22.0. The van der Waals surface area contributed by atoms with E-state index in [1.165, 1.54) is 21.9 Å². The molecule has 1 saturated heterocycles. The van der Waals surface area contributed by atoms with Crippen molar-refractivity contribution in [3.63, 3.8) is 0 Å². The van der Waals surface area contributed by atoms with Crippen LogP contribution in [-0.4, -0.2) is 25.7 Å². The minimum atomic E-state index is -0.627. The molecule has 2 fully saturated rings. The van der Waals surface area contributed by atoms with Crippen molar-refractivity contribution in [2.75, 3.05) is 19.0 Å². The number of benzene rings is 3. The quantitative estimate of drug-likeness (QED) is 0.490. The van der Waals surface area contributed by atoms with Crippen LogP contribution in [-0.2, 0) is 14.5 Å². The molecule has 5 nitrogen and oxygen atoms in total. The van der Waals surface area contributed by atoms with Gasteiger partial charge in [0.15, 0.2) is 0 Å². The molecule has 1 spiro atoms. The summed E-state index contributed by atoms with van der Waals surface area (Å²) in [6.45, 7) is 4.99. The van der Waals surface area contributed by atoms with Gasteiger partial charge in [0, 0.05) is 5.69 Å². The van der Waals surface area contributed by atoms with Crippen LogP contribution in [0.2, 0.25) is 0 Å². The van der Waals surface area contributed by atoms with Crippen LogP contribution in [0.25, 0.3) is 16.3 Å². The molecule has 0 amide bonds. The third kappa shape index (κ3) is 4.24. The van der Waals surface area contributed by atoms with E-state index < -0.39 is 6.41 Å². The maximum absolute atomic E-state index is 5.96. The third-order valence-electron chi connectivity index (χ3n) is 6.71. The smallest absolute Gasteiger partial charge is 0.268 e. The molecule has 5 heteroatoms. The van der Waals surface area contributed by atoms with Gasteiger partial charge in [-0.15, -0.1) is 0 Å². The zero-order valence-electron chi connectivity index (χ0n) is 18.4. The first kappa shape index (κ1) is 21.0. The van der Waals surface area contributed by atoms with Crippen molar-refractivity contribution in [2.45, 2.75) is 37.7 Å². The first-order valence-corrected chi connectivity index (χ1v) is 11.2. The summed E-state index contributed by atoms with van der Waals surface area (Å²) in [4.78, 5) is 11.5. The van der Waals surface area contributed by atoms with Crippen LogP contribution >= 0.6 is 0 Å². The molecule has 1 saturated carbocycles. The summed E-state index contributed by atoms with van der Waals surface area (Å²) < 4.78 is 11.1. The molecule has 166 valence electrons. The minimum Gasteiger partial charge on any atom is -0.497 e. The van der Waals surface area contributed by atoms with Crippen molar-refractivity contribution < 1.29 is 19.2 Å². The molecule has 1 unspecified atom stereocenters. The second-order valence-corrected chi connectivity index (χ2v) is 8.70. The van der Waals surface area contributed by atoms with E-state index in [-0.39, 0.29) is 5.60 Å². The number of hydrogen-bond donors (Lipinski definition) is 1. The number of fused-ring (bicyclic) bond motifs is 1. The van der Waals surface area contributed by atoms with Gasteiger partial charge in [0.25, 0.3) is 6.41 Å². The lowest BCUT2D eigenvalue weighted by Crippen LogP contribution is -2.49. The molecule has 1 heterocycles. The number of nitrogens with one attached hydrogen (secondary N) is 1. The fourth-order valence-corrected chi connectivity index (χ4v) is 4.76. The highest BCUT2D eigenvalue weighted by Crippen LogP contribution is 2.43. The van der Waals surface area contributed by atoms with Gasteiger partial charge in [0.2, 0.25) is 0 Å². The van der Waals surface area contributed by atoms with E-state index >= 15 is 0 Å². The Morgan fingerprint density at radius 1 is 1.00 bits per heavy atom. The lowest BCUT2D eigenvalue weighted by Gasteiger charge is -2.43. The van der Waals surface area contributed by atoms with Crippen LogP contribution in [0.4, 0.5) is 5.69 Å². The number of methoxy groups -OCH3 is 1. The lowest BCUT2D eigenvalue weighted by molar-refractivity contribution is -0.468. The van der Waals surface area contributed by atoms with Gasteiger partial charge in [-0.3, -0.25) is 0 Å². The summed E-state index contributed by atoms with van der Waals surface area (Å²) >= 11 is 0. The van der Waals surface area contributed by atoms with Crippen LogP contribution < -0.4 is 10.1 Å². The average Bonchev–Trinajstić information content (AvgIpc) is 2.86. The van der Waals surface area contributed by atoms with Crippen molar-refractivity contribution in [3.05, 3.63) is 78.9 Å². The van der Waals surface area contributed by atoms with Gasteiger partial charge in [0.05, 0.1) is 13.7 Å². The molecule has 1 atom stereocenters. The molecule has 1 aliphatic carbocycles. The van der Waals surface area contributed by atoms with E-state index in [0.29, 0.717) is 12.5 Å². The Bertz CT molecular complexity index is 1070. The SMILES string of the molecule is C=C(c1cccc2ccccc12)C1CCC2(CC1)COC(Nc1ccc(OC)cc1)OO2. The second kappa shape index (κ2) is 8.94. The molecule has 0 aromatic heterocycles. The Hall–Kier alpha value is -2.86.